The summed E-state index contributed by atoms with van der Waals surface area (Å²) >= 11 is 11.9. The molecular formula is C13H15Cl2NO2. The first kappa shape index (κ1) is 13.5. The van der Waals surface area contributed by atoms with Gasteiger partial charge in [-0.3, -0.25) is 4.79 Å². The molecule has 1 aromatic carbocycles. The molecule has 3 nitrogen and oxygen atoms in total. The van der Waals surface area contributed by atoms with Crippen molar-refractivity contribution < 1.29 is 9.90 Å². The largest absolute Gasteiger partial charge is 0.507 e. The van der Waals surface area contributed by atoms with Gasteiger partial charge in [0.2, 0.25) is 0 Å². The molecule has 1 aliphatic heterocycles. The van der Waals surface area contributed by atoms with Gasteiger partial charge in [0.05, 0.1) is 10.9 Å². The molecule has 0 radical (unpaired) electrons. The van der Waals surface area contributed by atoms with E-state index in [1.54, 1.807) is 17.0 Å². The number of carbonyl (C=O) groups excluding carboxylic acids is 1. The first-order valence-electron chi connectivity index (χ1n) is 5.91. The van der Waals surface area contributed by atoms with Gasteiger partial charge in [0.25, 0.3) is 5.91 Å². The number of piperidine rings is 1. The molecule has 1 aliphatic rings. The minimum absolute atomic E-state index is 0.0304. The molecule has 18 heavy (non-hydrogen) atoms. The van der Waals surface area contributed by atoms with Crippen LogP contribution < -0.4 is 0 Å². The Kier molecular flexibility index (Phi) is 4.03. The van der Waals surface area contributed by atoms with Crippen molar-refractivity contribution >= 4 is 29.1 Å². The Labute approximate surface area is 116 Å². The summed E-state index contributed by atoms with van der Waals surface area (Å²) < 4.78 is 0. The molecule has 5 heteroatoms. The van der Waals surface area contributed by atoms with E-state index < -0.39 is 0 Å². The summed E-state index contributed by atoms with van der Waals surface area (Å²) in [5.74, 6) is 0.133. The number of benzene rings is 1. The fraction of sp³-hybridized carbons (Fsp3) is 0.462. The second-order valence-corrected chi connectivity index (χ2v) is 5.69. The van der Waals surface area contributed by atoms with E-state index in [-0.39, 0.29) is 22.6 Å². The number of carbonyl (C=O) groups is 1. The number of rotatable bonds is 1. The molecule has 0 bridgehead atoms. The number of phenols is 1. The van der Waals surface area contributed by atoms with E-state index in [1.165, 1.54) is 6.07 Å². The average Bonchev–Trinajstić information content (AvgIpc) is 2.32. The molecule has 2 rings (SSSR count). The minimum Gasteiger partial charge on any atom is -0.507 e. The highest BCUT2D eigenvalue weighted by Crippen LogP contribution is 2.27. The maximum absolute atomic E-state index is 12.2. The summed E-state index contributed by atoms with van der Waals surface area (Å²) in [4.78, 5) is 13.9. The molecule has 1 aromatic rings. The van der Waals surface area contributed by atoms with Crippen LogP contribution in [-0.2, 0) is 0 Å². The fourth-order valence-electron chi connectivity index (χ4n) is 2.06. The molecule has 2 unspecified atom stereocenters. The lowest BCUT2D eigenvalue weighted by molar-refractivity contribution is 0.0698. The number of hydrogen-bond donors (Lipinski definition) is 1. The lowest BCUT2D eigenvalue weighted by Gasteiger charge is -2.34. The van der Waals surface area contributed by atoms with Crippen molar-refractivity contribution in [3.05, 3.63) is 28.8 Å². The molecule has 1 N–H and O–H groups in total. The monoisotopic (exact) mass is 287 g/mol. The van der Waals surface area contributed by atoms with Gasteiger partial charge >= 0.3 is 0 Å². The van der Waals surface area contributed by atoms with E-state index in [0.29, 0.717) is 24.0 Å². The van der Waals surface area contributed by atoms with Crippen molar-refractivity contribution in [3.8, 4) is 5.75 Å². The van der Waals surface area contributed by atoms with Gasteiger partial charge in [-0.15, -0.1) is 11.6 Å². The number of nitrogens with zero attached hydrogens (tertiary/aromatic N) is 1. The molecule has 1 fully saturated rings. The van der Waals surface area contributed by atoms with Gasteiger partial charge < -0.3 is 10.0 Å². The molecule has 1 amide bonds. The van der Waals surface area contributed by atoms with Crippen molar-refractivity contribution in [1.82, 2.24) is 4.90 Å². The zero-order valence-corrected chi connectivity index (χ0v) is 11.6. The Morgan fingerprint density at radius 3 is 2.83 bits per heavy atom. The minimum atomic E-state index is -0.193. The van der Waals surface area contributed by atoms with E-state index in [4.69, 9.17) is 23.2 Å². The number of phenolic OH excluding ortho intramolecular Hbond substituents is 1. The predicted octanol–water partition coefficient (Wildman–Crippen LogP) is 3.14. The maximum atomic E-state index is 12.2. The molecule has 1 saturated heterocycles. The highest BCUT2D eigenvalue weighted by atomic mass is 35.5. The van der Waals surface area contributed by atoms with Gasteiger partial charge in [0.15, 0.2) is 0 Å². The first-order chi connectivity index (χ1) is 8.49. The number of hydrogen-bond acceptors (Lipinski definition) is 2. The summed E-state index contributed by atoms with van der Waals surface area (Å²) in [7, 11) is 0. The van der Waals surface area contributed by atoms with Crippen LogP contribution in [0.25, 0.3) is 0 Å². The summed E-state index contributed by atoms with van der Waals surface area (Å²) in [5, 5.41) is 10.1. The number of likely N-dealkylation sites (tertiary alicyclic amines) is 1. The topological polar surface area (TPSA) is 40.5 Å². The highest BCUT2D eigenvalue weighted by Gasteiger charge is 2.28. The SMILES string of the molecule is CC1CCN(C(=O)c2ccc(Cl)cc2O)CC1Cl. The van der Waals surface area contributed by atoms with E-state index in [2.05, 4.69) is 6.92 Å². The average molecular weight is 288 g/mol. The van der Waals surface area contributed by atoms with Gasteiger partial charge in [-0.2, -0.15) is 0 Å². The van der Waals surface area contributed by atoms with Crippen LogP contribution in [0.2, 0.25) is 5.02 Å². The summed E-state index contributed by atoms with van der Waals surface area (Å²) in [6, 6.07) is 4.51. The normalized spacial score (nSPS) is 24.1. The van der Waals surface area contributed by atoms with Gasteiger partial charge in [0.1, 0.15) is 5.75 Å². The second kappa shape index (κ2) is 5.37. The van der Waals surface area contributed by atoms with E-state index in [9.17, 15) is 9.90 Å². The van der Waals surface area contributed by atoms with Gasteiger partial charge in [-0.25, -0.2) is 0 Å². The van der Waals surface area contributed by atoms with Crippen LogP contribution in [0, 0.1) is 5.92 Å². The van der Waals surface area contributed by atoms with Crippen molar-refractivity contribution in [3.63, 3.8) is 0 Å². The number of halogens is 2. The number of aromatic hydroxyl groups is 1. The molecule has 0 spiro atoms. The highest BCUT2D eigenvalue weighted by molar-refractivity contribution is 6.30. The molecule has 0 aliphatic carbocycles. The lowest BCUT2D eigenvalue weighted by Crippen LogP contribution is -2.43. The van der Waals surface area contributed by atoms with Gasteiger partial charge in [0, 0.05) is 18.1 Å². The standard InChI is InChI=1S/C13H15Cl2NO2/c1-8-4-5-16(7-11(8)15)13(18)10-3-2-9(14)6-12(10)17/h2-3,6,8,11,17H,4-5,7H2,1H3. The third kappa shape index (κ3) is 2.73. The van der Waals surface area contributed by atoms with Crippen LogP contribution in [-0.4, -0.2) is 34.4 Å². The van der Waals surface area contributed by atoms with Crippen molar-refractivity contribution in [2.24, 2.45) is 5.92 Å². The van der Waals surface area contributed by atoms with E-state index >= 15 is 0 Å². The Morgan fingerprint density at radius 1 is 1.50 bits per heavy atom. The smallest absolute Gasteiger partial charge is 0.257 e. The first-order valence-corrected chi connectivity index (χ1v) is 6.72. The Bertz CT molecular complexity index is 464. The van der Waals surface area contributed by atoms with Crippen LogP contribution in [0.3, 0.4) is 0 Å². The summed E-state index contributed by atoms with van der Waals surface area (Å²) in [5.41, 5.74) is 0.276. The van der Waals surface area contributed by atoms with Crippen LogP contribution in [0.1, 0.15) is 23.7 Å². The Hall–Kier alpha value is -0.930. The zero-order valence-electron chi connectivity index (χ0n) is 10.1. The van der Waals surface area contributed by atoms with Crippen LogP contribution >= 0.6 is 23.2 Å². The molecule has 98 valence electrons. The van der Waals surface area contributed by atoms with E-state index in [1.807, 2.05) is 0 Å². The number of amides is 1. The fourth-order valence-corrected chi connectivity index (χ4v) is 2.52. The predicted molar refractivity (Wildman–Crippen MR) is 72.4 cm³/mol. The Balaban J connectivity index is 2.16. The van der Waals surface area contributed by atoms with Crippen LogP contribution in [0.5, 0.6) is 5.75 Å². The summed E-state index contributed by atoms with van der Waals surface area (Å²) in [6.07, 6.45) is 0.883. The third-order valence-electron chi connectivity index (χ3n) is 3.34. The third-order valence-corrected chi connectivity index (χ3v) is 4.15. The van der Waals surface area contributed by atoms with Crippen molar-refractivity contribution in [2.45, 2.75) is 18.7 Å². The summed E-state index contributed by atoms with van der Waals surface area (Å²) in [6.45, 7) is 3.27. The molecular weight excluding hydrogens is 273 g/mol. The molecule has 0 saturated carbocycles. The quantitative estimate of drug-likeness (QED) is 0.806. The maximum Gasteiger partial charge on any atom is 0.257 e. The van der Waals surface area contributed by atoms with Crippen LogP contribution in [0.4, 0.5) is 0 Å². The Morgan fingerprint density at radius 2 is 2.22 bits per heavy atom. The zero-order chi connectivity index (χ0) is 13.3. The van der Waals surface area contributed by atoms with Gasteiger partial charge in [-0.1, -0.05) is 18.5 Å². The molecule has 2 atom stereocenters. The number of alkyl halides is 1. The second-order valence-electron chi connectivity index (χ2n) is 4.69. The molecule has 1 heterocycles. The van der Waals surface area contributed by atoms with Crippen molar-refractivity contribution in [1.29, 1.82) is 0 Å². The molecule has 0 aromatic heterocycles. The van der Waals surface area contributed by atoms with Crippen LogP contribution in [0.15, 0.2) is 18.2 Å². The van der Waals surface area contributed by atoms with Crippen molar-refractivity contribution in [2.75, 3.05) is 13.1 Å². The lowest BCUT2D eigenvalue weighted by atomic mass is 9.98. The van der Waals surface area contributed by atoms with E-state index in [0.717, 1.165) is 6.42 Å². The van der Waals surface area contributed by atoms with Gasteiger partial charge in [-0.05, 0) is 30.5 Å².